The van der Waals surface area contributed by atoms with E-state index in [9.17, 15) is 4.79 Å². The first-order valence-corrected chi connectivity index (χ1v) is 11.1. The molecule has 2 aromatic carbocycles. The number of carbonyl (C=O) groups is 1. The molecule has 0 saturated carbocycles. The summed E-state index contributed by atoms with van der Waals surface area (Å²) < 4.78 is 10.6. The maximum Gasteiger partial charge on any atom is 0.254 e. The van der Waals surface area contributed by atoms with Gasteiger partial charge in [-0.3, -0.25) is 4.79 Å². The molecule has 2 heterocycles. The number of methoxy groups -OCH3 is 2. The average Bonchev–Trinajstić information content (AvgIpc) is 3.34. The molecule has 3 aromatic rings. The van der Waals surface area contributed by atoms with Crippen molar-refractivity contribution in [3.8, 4) is 16.9 Å². The van der Waals surface area contributed by atoms with Crippen molar-refractivity contribution >= 4 is 11.9 Å². The van der Waals surface area contributed by atoms with E-state index in [-0.39, 0.29) is 11.9 Å². The van der Waals surface area contributed by atoms with Crippen LogP contribution in [0, 0.1) is 0 Å². The maximum atomic E-state index is 13.5. The summed E-state index contributed by atoms with van der Waals surface area (Å²) in [6.07, 6.45) is 3.64. The van der Waals surface area contributed by atoms with E-state index in [1.165, 1.54) is 0 Å². The van der Waals surface area contributed by atoms with Gasteiger partial charge in [-0.15, -0.1) is 0 Å². The average molecular weight is 447 g/mol. The van der Waals surface area contributed by atoms with E-state index in [1.807, 2.05) is 78.6 Å². The van der Waals surface area contributed by atoms with Gasteiger partial charge in [-0.05, 0) is 48.2 Å². The summed E-state index contributed by atoms with van der Waals surface area (Å²) in [5, 5.41) is 0. The van der Waals surface area contributed by atoms with Crippen LogP contribution in [-0.2, 0) is 11.3 Å². The van der Waals surface area contributed by atoms with Crippen molar-refractivity contribution in [2.45, 2.75) is 25.5 Å². The topological polar surface area (TPSA) is 67.8 Å². The van der Waals surface area contributed by atoms with Gasteiger partial charge in [0.2, 0.25) is 5.95 Å². The molecule has 0 N–H and O–H groups in total. The third-order valence-electron chi connectivity index (χ3n) is 5.93. The zero-order valence-corrected chi connectivity index (χ0v) is 19.6. The maximum absolute atomic E-state index is 13.5. The molecule has 1 amide bonds. The molecule has 1 saturated heterocycles. The molecule has 0 radical (unpaired) electrons. The molecule has 1 atom stereocenters. The third kappa shape index (κ3) is 4.83. The SMILES string of the molecule is COCc1ccc(C(=O)N2CCC[C@@H]2c2nc(N(C)C)ncc2-c2cccc(OC)c2)cc1. The number of likely N-dealkylation sites (tertiary alicyclic amines) is 1. The summed E-state index contributed by atoms with van der Waals surface area (Å²) in [5.41, 5.74) is 4.46. The Morgan fingerprint density at radius 3 is 2.64 bits per heavy atom. The van der Waals surface area contributed by atoms with Gasteiger partial charge in [-0.25, -0.2) is 9.97 Å². The van der Waals surface area contributed by atoms with Gasteiger partial charge >= 0.3 is 0 Å². The van der Waals surface area contributed by atoms with Crippen LogP contribution in [0.15, 0.2) is 54.7 Å². The summed E-state index contributed by atoms with van der Waals surface area (Å²) in [6.45, 7) is 1.22. The smallest absolute Gasteiger partial charge is 0.254 e. The van der Waals surface area contributed by atoms with Crippen molar-refractivity contribution in [2.75, 3.05) is 39.8 Å². The van der Waals surface area contributed by atoms with Crippen LogP contribution in [0.5, 0.6) is 5.75 Å². The lowest BCUT2D eigenvalue weighted by atomic mass is 9.99. The number of ether oxygens (including phenoxy) is 2. The predicted molar refractivity (Wildman–Crippen MR) is 129 cm³/mol. The minimum Gasteiger partial charge on any atom is -0.497 e. The van der Waals surface area contributed by atoms with Crippen molar-refractivity contribution in [3.05, 3.63) is 71.5 Å². The molecule has 7 heteroatoms. The molecule has 33 heavy (non-hydrogen) atoms. The molecule has 0 spiro atoms. The Labute approximate surface area is 195 Å². The van der Waals surface area contributed by atoms with E-state index in [0.29, 0.717) is 24.7 Å². The molecular formula is C26H30N4O3. The van der Waals surface area contributed by atoms with Gasteiger partial charge in [-0.2, -0.15) is 0 Å². The van der Waals surface area contributed by atoms with Crippen LogP contribution in [0.25, 0.3) is 11.1 Å². The molecule has 1 fully saturated rings. The number of hydrogen-bond acceptors (Lipinski definition) is 6. The number of benzene rings is 2. The third-order valence-corrected chi connectivity index (χ3v) is 5.93. The Balaban J connectivity index is 1.72. The standard InChI is InChI=1S/C26H30N4O3/c1-29(2)26-27-16-22(20-7-5-8-21(15-20)33-4)24(28-26)23-9-6-14-30(23)25(31)19-12-10-18(11-13-19)17-32-3/h5,7-8,10-13,15-16,23H,6,9,14,17H2,1-4H3/t23-/m1/s1. The first-order valence-electron chi connectivity index (χ1n) is 11.1. The highest BCUT2D eigenvalue weighted by atomic mass is 16.5. The number of rotatable bonds is 7. The molecule has 0 bridgehead atoms. The number of anilines is 1. The van der Waals surface area contributed by atoms with Gasteiger partial charge in [0.25, 0.3) is 5.91 Å². The normalized spacial score (nSPS) is 15.5. The van der Waals surface area contributed by atoms with Crippen LogP contribution >= 0.6 is 0 Å². The molecule has 4 rings (SSSR count). The van der Waals surface area contributed by atoms with Crippen molar-refractivity contribution in [3.63, 3.8) is 0 Å². The zero-order valence-electron chi connectivity index (χ0n) is 19.6. The molecule has 0 unspecified atom stereocenters. The quantitative estimate of drug-likeness (QED) is 0.538. The lowest BCUT2D eigenvalue weighted by Gasteiger charge is -2.27. The van der Waals surface area contributed by atoms with Crippen molar-refractivity contribution in [2.24, 2.45) is 0 Å². The highest BCUT2D eigenvalue weighted by Crippen LogP contribution is 2.38. The molecule has 7 nitrogen and oxygen atoms in total. The lowest BCUT2D eigenvalue weighted by molar-refractivity contribution is 0.0733. The van der Waals surface area contributed by atoms with E-state index in [4.69, 9.17) is 14.5 Å². The van der Waals surface area contributed by atoms with Crippen LogP contribution in [0.3, 0.4) is 0 Å². The fourth-order valence-electron chi connectivity index (χ4n) is 4.24. The number of carbonyl (C=O) groups excluding carboxylic acids is 1. The largest absolute Gasteiger partial charge is 0.497 e. The van der Waals surface area contributed by atoms with E-state index in [1.54, 1.807) is 14.2 Å². The monoisotopic (exact) mass is 446 g/mol. The zero-order chi connectivity index (χ0) is 23.4. The first kappa shape index (κ1) is 22.7. The minimum absolute atomic E-state index is 0.0167. The van der Waals surface area contributed by atoms with E-state index >= 15 is 0 Å². The van der Waals surface area contributed by atoms with Gasteiger partial charge < -0.3 is 19.3 Å². The van der Waals surface area contributed by atoms with E-state index < -0.39 is 0 Å². The summed E-state index contributed by atoms with van der Waals surface area (Å²) in [5.74, 6) is 1.41. The number of nitrogens with zero attached hydrogens (tertiary/aromatic N) is 4. The first-order chi connectivity index (χ1) is 16.0. The predicted octanol–water partition coefficient (Wildman–Crippen LogP) is 4.34. The fraction of sp³-hybridized carbons (Fsp3) is 0.346. The van der Waals surface area contributed by atoms with Gasteiger partial charge in [0.15, 0.2) is 0 Å². The second kappa shape index (κ2) is 10.0. The van der Waals surface area contributed by atoms with Crippen molar-refractivity contribution in [1.82, 2.24) is 14.9 Å². The van der Waals surface area contributed by atoms with Gasteiger partial charge in [0.05, 0.1) is 25.5 Å². The highest BCUT2D eigenvalue weighted by molar-refractivity contribution is 5.94. The summed E-state index contributed by atoms with van der Waals surface area (Å²) in [7, 11) is 7.16. The summed E-state index contributed by atoms with van der Waals surface area (Å²) >= 11 is 0. The van der Waals surface area contributed by atoms with Crippen LogP contribution in [0.1, 0.15) is 40.5 Å². The Hall–Kier alpha value is -3.45. The van der Waals surface area contributed by atoms with Gasteiger partial charge in [0.1, 0.15) is 5.75 Å². The fourth-order valence-corrected chi connectivity index (χ4v) is 4.24. The summed E-state index contributed by atoms with van der Waals surface area (Å²) in [4.78, 5) is 26.8. The Morgan fingerprint density at radius 2 is 1.94 bits per heavy atom. The molecular weight excluding hydrogens is 416 g/mol. The number of amides is 1. The van der Waals surface area contributed by atoms with Gasteiger partial charge in [0, 0.05) is 45.1 Å². The molecule has 1 aliphatic rings. The van der Waals surface area contributed by atoms with E-state index in [2.05, 4.69) is 4.98 Å². The molecule has 1 aliphatic heterocycles. The van der Waals surface area contributed by atoms with Crippen LogP contribution in [0.2, 0.25) is 0 Å². The van der Waals surface area contributed by atoms with Gasteiger partial charge in [-0.1, -0.05) is 24.3 Å². The number of aromatic nitrogens is 2. The highest BCUT2D eigenvalue weighted by Gasteiger charge is 2.34. The second-order valence-corrected chi connectivity index (χ2v) is 8.38. The van der Waals surface area contributed by atoms with Crippen molar-refractivity contribution in [1.29, 1.82) is 0 Å². The Kier molecular flexibility index (Phi) is 6.89. The van der Waals surface area contributed by atoms with Crippen LogP contribution in [0.4, 0.5) is 5.95 Å². The second-order valence-electron chi connectivity index (χ2n) is 8.38. The Morgan fingerprint density at radius 1 is 1.15 bits per heavy atom. The molecule has 0 aliphatic carbocycles. The molecule has 172 valence electrons. The minimum atomic E-state index is -0.126. The van der Waals surface area contributed by atoms with Crippen LogP contribution in [-0.4, -0.2) is 55.6 Å². The van der Waals surface area contributed by atoms with Crippen molar-refractivity contribution < 1.29 is 14.3 Å². The summed E-state index contributed by atoms with van der Waals surface area (Å²) in [6, 6.07) is 15.4. The van der Waals surface area contributed by atoms with Crippen LogP contribution < -0.4 is 9.64 Å². The molecule has 1 aromatic heterocycles. The lowest BCUT2D eigenvalue weighted by Crippen LogP contribution is -2.31. The Bertz CT molecular complexity index is 1110. The van der Waals surface area contributed by atoms with E-state index in [0.717, 1.165) is 41.0 Å². The number of hydrogen-bond donors (Lipinski definition) is 0.